The van der Waals surface area contributed by atoms with Crippen LogP contribution in [-0.4, -0.2) is 31.2 Å². The van der Waals surface area contributed by atoms with Gasteiger partial charge in [-0.2, -0.15) is 0 Å². The molecule has 3 amide bonds. The van der Waals surface area contributed by atoms with Crippen molar-refractivity contribution in [3.63, 3.8) is 0 Å². The van der Waals surface area contributed by atoms with Gasteiger partial charge in [-0.15, -0.1) is 0 Å². The predicted molar refractivity (Wildman–Crippen MR) is 91.3 cm³/mol. The molecule has 1 aromatic carbocycles. The minimum atomic E-state index is -0.712. The maximum atomic E-state index is 12.3. The van der Waals surface area contributed by atoms with Gasteiger partial charge in [-0.3, -0.25) is 4.79 Å². The largest absolute Gasteiger partial charge is 0.352 e. The Kier molecular flexibility index (Phi) is 7.03. The number of amides is 3. The van der Waals surface area contributed by atoms with Crippen LogP contribution in [0.5, 0.6) is 0 Å². The Bertz CT molecular complexity index is 532. The summed E-state index contributed by atoms with van der Waals surface area (Å²) in [6.07, 6.45) is 4.54. The van der Waals surface area contributed by atoms with E-state index in [0.717, 1.165) is 18.4 Å². The summed E-state index contributed by atoms with van der Waals surface area (Å²) in [6.45, 7) is 0.920. The molecule has 1 aliphatic carbocycles. The topological polar surface area (TPSA) is 70.2 Å². The molecular formula is C18H26FN3O2. The Balaban J connectivity index is 1.96. The van der Waals surface area contributed by atoms with Crippen molar-refractivity contribution < 1.29 is 14.0 Å². The summed E-state index contributed by atoms with van der Waals surface area (Å²) in [4.78, 5) is 24.0. The fourth-order valence-corrected chi connectivity index (χ4v) is 3.19. The van der Waals surface area contributed by atoms with Crippen LogP contribution in [-0.2, 0) is 4.79 Å². The number of hydrogen-bond donors (Lipinski definition) is 3. The van der Waals surface area contributed by atoms with Gasteiger partial charge in [0.2, 0.25) is 5.91 Å². The molecule has 1 aromatic rings. The zero-order chi connectivity index (χ0) is 17.4. The van der Waals surface area contributed by atoms with Crippen molar-refractivity contribution in [3.05, 3.63) is 35.9 Å². The monoisotopic (exact) mass is 335 g/mol. The van der Waals surface area contributed by atoms with E-state index in [0.29, 0.717) is 5.92 Å². The second-order valence-corrected chi connectivity index (χ2v) is 6.25. The molecule has 6 heteroatoms. The predicted octanol–water partition coefficient (Wildman–Crippen LogP) is 2.69. The Morgan fingerprint density at radius 3 is 2.46 bits per heavy atom. The van der Waals surface area contributed by atoms with Crippen molar-refractivity contribution in [2.24, 2.45) is 5.92 Å². The first-order valence-electron chi connectivity index (χ1n) is 8.57. The Morgan fingerprint density at radius 2 is 1.83 bits per heavy atom. The standard InChI is InChI=1S/C18H26FN3O2/c1-13(17(23)20-12-11-19)21-18(24)22-16(15-9-5-6-10-15)14-7-3-2-4-8-14/h2-4,7-8,13,15-16H,5-6,9-12H2,1H3,(H,20,23)(H2,21,22,24)/t13-,16-/m1/s1. The summed E-state index contributed by atoms with van der Waals surface area (Å²) in [7, 11) is 0. The maximum Gasteiger partial charge on any atom is 0.315 e. The van der Waals surface area contributed by atoms with E-state index in [1.807, 2.05) is 30.3 Å². The van der Waals surface area contributed by atoms with E-state index in [1.54, 1.807) is 6.92 Å². The lowest BCUT2D eigenvalue weighted by Crippen LogP contribution is -2.50. The minimum Gasteiger partial charge on any atom is -0.352 e. The normalized spacial score (nSPS) is 17.1. The highest BCUT2D eigenvalue weighted by Gasteiger charge is 2.28. The lowest BCUT2D eigenvalue weighted by atomic mass is 9.92. The van der Waals surface area contributed by atoms with Crippen LogP contribution in [0.15, 0.2) is 30.3 Å². The number of carbonyl (C=O) groups is 2. The Morgan fingerprint density at radius 1 is 1.17 bits per heavy atom. The first-order valence-corrected chi connectivity index (χ1v) is 8.57. The van der Waals surface area contributed by atoms with E-state index in [4.69, 9.17) is 0 Å². The fraction of sp³-hybridized carbons (Fsp3) is 0.556. The molecule has 2 rings (SSSR count). The average Bonchev–Trinajstić information content (AvgIpc) is 3.12. The van der Waals surface area contributed by atoms with Crippen LogP contribution in [0.25, 0.3) is 0 Å². The maximum absolute atomic E-state index is 12.3. The summed E-state index contributed by atoms with van der Waals surface area (Å²) in [5.74, 6) is 0.0220. The van der Waals surface area contributed by atoms with Crippen molar-refractivity contribution in [1.29, 1.82) is 0 Å². The van der Waals surface area contributed by atoms with Crippen LogP contribution in [0.4, 0.5) is 9.18 Å². The van der Waals surface area contributed by atoms with E-state index >= 15 is 0 Å². The highest BCUT2D eigenvalue weighted by Crippen LogP contribution is 2.35. The third-order valence-electron chi connectivity index (χ3n) is 4.45. The lowest BCUT2D eigenvalue weighted by molar-refractivity contribution is -0.122. The van der Waals surface area contributed by atoms with E-state index in [2.05, 4.69) is 16.0 Å². The number of nitrogens with one attached hydrogen (secondary N) is 3. The molecule has 0 radical (unpaired) electrons. The number of rotatable bonds is 7. The van der Waals surface area contributed by atoms with Gasteiger partial charge in [-0.05, 0) is 31.2 Å². The van der Waals surface area contributed by atoms with Crippen molar-refractivity contribution in [2.75, 3.05) is 13.2 Å². The number of alkyl halides is 1. The summed E-state index contributed by atoms with van der Waals surface area (Å²) in [6, 6.07) is 8.76. The zero-order valence-electron chi connectivity index (χ0n) is 14.1. The van der Waals surface area contributed by atoms with Gasteiger partial charge >= 0.3 is 6.03 Å². The van der Waals surface area contributed by atoms with Crippen LogP contribution in [0.3, 0.4) is 0 Å². The summed E-state index contributed by atoms with van der Waals surface area (Å²) < 4.78 is 12.1. The van der Waals surface area contributed by atoms with Gasteiger partial charge < -0.3 is 16.0 Å². The molecule has 0 aromatic heterocycles. The number of benzene rings is 1. The minimum absolute atomic E-state index is 0.0405. The molecule has 0 bridgehead atoms. The molecule has 0 saturated heterocycles. The molecule has 0 unspecified atom stereocenters. The first kappa shape index (κ1) is 18.2. The van der Waals surface area contributed by atoms with Gasteiger partial charge in [0.15, 0.2) is 0 Å². The molecule has 2 atom stereocenters. The Hall–Kier alpha value is -2.11. The van der Waals surface area contributed by atoms with E-state index in [1.165, 1.54) is 12.8 Å². The van der Waals surface area contributed by atoms with Gasteiger partial charge in [0.1, 0.15) is 12.7 Å². The third-order valence-corrected chi connectivity index (χ3v) is 4.45. The molecule has 3 N–H and O–H groups in total. The molecule has 1 saturated carbocycles. The molecular weight excluding hydrogens is 309 g/mol. The van der Waals surface area contributed by atoms with E-state index in [9.17, 15) is 14.0 Å². The lowest BCUT2D eigenvalue weighted by Gasteiger charge is -2.26. The fourth-order valence-electron chi connectivity index (χ4n) is 3.19. The molecule has 1 aliphatic rings. The van der Waals surface area contributed by atoms with Crippen molar-refractivity contribution in [2.45, 2.75) is 44.7 Å². The number of carbonyl (C=O) groups excluding carboxylic acids is 2. The first-order chi connectivity index (χ1) is 11.6. The molecule has 5 nitrogen and oxygen atoms in total. The number of hydrogen-bond acceptors (Lipinski definition) is 2. The van der Waals surface area contributed by atoms with Crippen LogP contribution in [0.2, 0.25) is 0 Å². The van der Waals surface area contributed by atoms with Crippen LogP contribution < -0.4 is 16.0 Å². The molecule has 24 heavy (non-hydrogen) atoms. The average molecular weight is 335 g/mol. The van der Waals surface area contributed by atoms with Gasteiger partial charge in [-0.25, -0.2) is 9.18 Å². The SMILES string of the molecule is C[C@@H](NC(=O)N[C@H](c1ccccc1)C1CCCC1)C(=O)NCCF. The Labute approximate surface area is 142 Å². The summed E-state index contributed by atoms with van der Waals surface area (Å²) in [5, 5.41) is 8.06. The highest BCUT2D eigenvalue weighted by atomic mass is 19.1. The summed E-state index contributed by atoms with van der Waals surface area (Å²) >= 11 is 0. The van der Waals surface area contributed by atoms with E-state index in [-0.39, 0.29) is 24.5 Å². The quantitative estimate of drug-likeness (QED) is 0.717. The van der Waals surface area contributed by atoms with E-state index < -0.39 is 12.7 Å². The van der Waals surface area contributed by atoms with Gasteiger partial charge in [0.25, 0.3) is 0 Å². The molecule has 132 valence electrons. The summed E-state index contributed by atoms with van der Waals surface area (Å²) in [5.41, 5.74) is 1.08. The van der Waals surface area contributed by atoms with Crippen molar-refractivity contribution in [3.8, 4) is 0 Å². The van der Waals surface area contributed by atoms with Crippen LogP contribution in [0, 0.1) is 5.92 Å². The zero-order valence-corrected chi connectivity index (χ0v) is 14.1. The highest BCUT2D eigenvalue weighted by molar-refractivity contribution is 5.86. The second kappa shape index (κ2) is 9.25. The molecule has 0 spiro atoms. The van der Waals surface area contributed by atoms with Crippen LogP contribution >= 0.6 is 0 Å². The van der Waals surface area contributed by atoms with Crippen molar-refractivity contribution in [1.82, 2.24) is 16.0 Å². The van der Waals surface area contributed by atoms with Gasteiger partial charge in [0, 0.05) is 6.54 Å². The molecule has 1 fully saturated rings. The molecule has 0 aliphatic heterocycles. The molecule has 0 heterocycles. The van der Waals surface area contributed by atoms with Crippen LogP contribution in [0.1, 0.15) is 44.2 Å². The number of urea groups is 1. The third kappa shape index (κ3) is 5.22. The second-order valence-electron chi connectivity index (χ2n) is 6.25. The van der Waals surface area contributed by atoms with Gasteiger partial charge in [0.05, 0.1) is 6.04 Å². The number of halogens is 1. The van der Waals surface area contributed by atoms with Crippen molar-refractivity contribution >= 4 is 11.9 Å². The van der Waals surface area contributed by atoms with Gasteiger partial charge in [-0.1, -0.05) is 43.2 Å². The smallest absolute Gasteiger partial charge is 0.315 e.